The van der Waals surface area contributed by atoms with Crippen LogP contribution in [0.3, 0.4) is 0 Å². The Bertz CT molecular complexity index is 675. The van der Waals surface area contributed by atoms with Gasteiger partial charge in [-0.25, -0.2) is 9.78 Å². The predicted molar refractivity (Wildman–Crippen MR) is 75.3 cm³/mol. The summed E-state index contributed by atoms with van der Waals surface area (Å²) in [6, 6.07) is 0. The normalized spacial score (nSPS) is 18.2. The number of rotatable bonds is 3. The van der Waals surface area contributed by atoms with Gasteiger partial charge in [-0.1, -0.05) is 0 Å². The molecule has 0 amide bonds. The molecule has 0 saturated heterocycles. The maximum absolute atomic E-state index is 11.3. The monoisotopic (exact) mass is 274 g/mol. The first-order valence-corrected chi connectivity index (χ1v) is 6.85. The van der Waals surface area contributed by atoms with Gasteiger partial charge in [0.1, 0.15) is 0 Å². The molecular formula is C15H18N2O3. The Hall–Kier alpha value is -1.88. The highest BCUT2D eigenvalue weighted by Gasteiger charge is 2.27. The van der Waals surface area contributed by atoms with Crippen LogP contribution in [0.5, 0.6) is 0 Å². The van der Waals surface area contributed by atoms with E-state index in [0.29, 0.717) is 12.5 Å². The molecule has 0 saturated carbocycles. The van der Waals surface area contributed by atoms with Crippen molar-refractivity contribution in [3.05, 3.63) is 28.7 Å². The van der Waals surface area contributed by atoms with Crippen LogP contribution in [0, 0.1) is 6.92 Å². The van der Waals surface area contributed by atoms with Gasteiger partial charge in [-0.2, -0.15) is 0 Å². The first-order valence-electron chi connectivity index (χ1n) is 6.85. The molecule has 0 bridgehead atoms. The van der Waals surface area contributed by atoms with E-state index in [-0.39, 0.29) is 5.69 Å². The van der Waals surface area contributed by atoms with Crippen molar-refractivity contribution in [3.8, 4) is 0 Å². The number of methoxy groups -OCH3 is 1. The number of aryl methyl sites for hydroxylation is 2. The zero-order chi connectivity index (χ0) is 14.3. The van der Waals surface area contributed by atoms with Gasteiger partial charge in [0.25, 0.3) is 0 Å². The Morgan fingerprint density at radius 2 is 2.40 bits per heavy atom. The van der Waals surface area contributed by atoms with Gasteiger partial charge in [0, 0.05) is 24.1 Å². The van der Waals surface area contributed by atoms with E-state index in [1.54, 1.807) is 13.3 Å². The van der Waals surface area contributed by atoms with Crippen LogP contribution in [0.1, 0.15) is 46.1 Å². The first kappa shape index (κ1) is 13.1. The maximum atomic E-state index is 11.3. The van der Waals surface area contributed by atoms with Crippen molar-refractivity contribution >= 4 is 16.9 Å². The fourth-order valence-corrected chi connectivity index (χ4v) is 3.33. The number of aromatic amines is 1. The van der Waals surface area contributed by atoms with Crippen molar-refractivity contribution in [1.82, 2.24) is 9.97 Å². The molecule has 1 aliphatic carbocycles. The molecule has 106 valence electrons. The van der Waals surface area contributed by atoms with Crippen molar-refractivity contribution in [1.29, 1.82) is 0 Å². The van der Waals surface area contributed by atoms with Crippen LogP contribution in [0.2, 0.25) is 0 Å². The standard InChI is InChI=1S/C15H18N2O3/c1-8-12-11(6-16-14(8)15(18)19)17-10-5-3-4-9(7-20-2)13(10)12/h6,9,17H,3-5,7H2,1-2H3,(H,18,19). The molecule has 0 fully saturated rings. The molecule has 0 spiro atoms. The quantitative estimate of drug-likeness (QED) is 0.902. The number of nitrogens with one attached hydrogen (secondary N) is 1. The lowest BCUT2D eigenvalue weighted by Crippen LogP contribution is -2.14. The van der Waals surface area contributed by atoms with Crippen molar-refractivity contribution < 1.29 is 14.6 Å². The minimum atomic E-state index is -0.974. The Morgan fingerprint density at radius 3 is 3.10 bits per heavy atom. The lowest BCUT2D eigenvalue weighted by Gasteiger charge is -2.22. The Balaban J connectivity index is 2.26. The molecule has 2 N–H and O–H groups in total. The summed E-state index contributed by atoms with van der Waals surface area (Å²) in [5.74, 6) is -0.640. The third-order valence-corrected chi connectivity index (χ3v) is 4.16. The van der Waals surface area contributed by atoms with E-state index in [9.17, 15) is 9.90 Å². The van der Waals surface area contributed by atoms with Gasteiger partial charge in [-0.05, 0) is 37.3 Å². The Kier molecular flexibility index (Phi) is 3.22. The fraction of sp³-hybridized carbons (Fsp3) is 0.467. The predicted octanol–water partition coefficient (Wildman–Crippen LogP) is 2.64. The number of fused-ring (bicyclic) bond motifs is 3. The second-order valence-electron chi connectivity index (χ2n) is 5.39. The molecule has 2 aromatic heterocycles. The van der Waals surface area contributed by atoms with E-state index in [2.05, 4.69) is 9.97 Å². The third kappa shape index (κ3) is 1.89. The number of carboxylic acids is 1. The van der Waals surface area contributed by atoms with Gasteiger partial charge in [-0.3, -0.25) is 0 Å². The number of H-pyrrole nitrogens is 1. The van der Waals surface area contributed by atoms with Crippen molar-refractivity contribution in [2.24, 2.45) is 0 Å². The molecule has 20 heavy (non-hydrogen) atoms. The lowest BCUT2D eigenvalue weighted by molar-refractivity contribution is 0.0690. The number of aromatic nitrogens is 2. The number of pyridine rings is 1. The van der Waals surface area contributed by atoms with Crippen LogP contribution < -0.4 is 0 Å². The number of carboxylic acid groups (broad SMARTS) is 1. The summed E-state index contributed by atoms with van der Waals surface area (Å²) >= 11 is 0. The molecule has 1 unspecified atom stereocenters. The van der Waals surface area contributed by atoms with Crippen LogP contribution in [0.25, 0.3) is 10.9 Å². The van der Waals surface area contributed by atoms with Crippen LogP contribution in [0.4, 0.5) is 0 Å². The number of nitrogens with zero attached hydrogens (tertiary/aromatic N) is 1. The number of aromatic carboxylic acids is 1. The Labute approximate surface area is 117 Å². The molecule has 0 aromatic carbocycles. The first-order chi connectivity index (χ1) is 9.63. The Morgan fingerprint density at radius 1 is 1.60 bits per heavy atom. The lowest BCUT2D eigenvalue weighted by atomic mass is 9.85. The van der Waals surface area contributed by atoms with Crippen LogP contribution in [-0.4, -0.2) is 34.8 Å². The summed E-state index contributed by atoms with van der Waals surface area (Å²) in [4.78, 5) is 18.7. The zero-order valence-corrected chi connectivity index (χ0v) is 11.7. The summed E-state index contributed by atoms with van der Waals surface area (Å²) in [5, 5.41) is 10.3. The van der Waals surface area contributed by atoms with E-state index in [1.165, 1.54) is 11.3 Å². The van der Waals surface area contributed by atoms with E-state index >= 15 is 0 Å². The molecule has 0 aliphatic heterocycles. The van der Waals surface area contributed by atoms with Crippen molar-refractivity contribution in [3.63, 3.8) is 0 Å². The molecule has 2 heterocycles. The van der Waals surface area contributed by atoms with E-state index in [0.717, 1.165) is 35.7 Å². The van der Waals surface area contributed by atoms with Gasteiger partial charge in [0.05, 0.1) is 18.3 Å². The number of carbonyl (C=O) groups is 1. The minimum Gasteiger partial charge on any atom is -0.477 e. The average molecular weight is 274 g/mol. The van der Waals surface area contributed by atoms with Crippen LogP contribution >= 0.6 is 0 Å². The molecule has 1 atom stereocenters. The van der Waals surface area contributed by atoms with Gasteiger partial charge in [0.15, 0.2) is 5.69 Å². The van der Waals surface area contributed by atoms with Gasteiger partial charge in [-0.15, -0.1) is 0 Å². The highest BCUT2D eigenvalue weighted by atomic mass is 16.5. The highest BCUT2D eigenvalue weighted by molar-refractivity contribution is 5.96. The third-order valence-electron chi connectivity index (χ3n) is 4.16. The average Bonchev–Trinajstić information content (AvgIpc) is 2.79. The molecule has 0 radical (unpaired) electrons. The second-order valence-corrected chi connectivity index (χ2v) is 5.39. The molecule has 5 nitrogen and oxygen atoms in total. The van der Waals surface area contributed by atoms with E-state index < -0.39 is 5.97 Å². The number of hydrogen-bond acceptors (Lipinski definition) is 3. The number of hydrogen-bond donors (Lipinski definition) is 2. The largest absolute Gasteiger partial charge is 0.477 e. The smallest absolute Gasteiger partial charge is 0.354 e. The van der Waals surface area contributed by atoms with E-state index in [4.69, 9.17) is 4.74 Å². The maximum Gasteiger partial charge on any atom is 0.354 e. The van der Waals surface area contributed by atoms with Crippen molar-refractivity contribution in [2.75, 3.05) is 13.7 Å². The summed E-state index contributed by atoms with van der Waals surface area (Å²) in [7, 11) is 1.71. The van der Waals surface area contributed by atoms with E-state index in [1.807, 2.05) is 6.92 Å². The number of ether oxygens (including phenoxy) is 1. The summed E-state index contributed by atoms with van der Waals surface area (Å²) < 4.78 is 5.33. The minimum absolute atomic E-state index is 0.140. The second kappa shape index (κ2) is 4.90. The summed E-state index contributed by atoms with van der Waals surface area (Å²) in [6.45, 7) is 2.51. The summed E-state index contributed by atoms with van der Waals surface area (Å²) in [6.07, 6.45) is 4.85. The van der Waals surface area contributed by atoms with Gasteiger partial charge < -0.3 is 14.8 Å². The molecule has 2 aromatic rings. The molecule has 5 heteroatoms. The zero-order valence-electron chi connectivity index (χ0n) is 11.7. The van der Waals surface area contributed by atoms with Gasteiger partial charge in [0.2, 0.25) is 0 Å². The van der Waals surface area contributed by atoms with Gasteiger partial charge >= 0.3 is 5.97 Å². The fourth-order valence-electron chi connectivity index (χ4n) is 3.33. The van der Waals surface area contributed by atoms with Crippen LogP contribution in [-0.2, 0) is 11.2 Å². The molecule has 3 rings (SSSR count). The highest BCUT2D eigenvalue weighted by Crippen LogP contribution is 2.38. The van der Waals surface area contributed by atoms with Crippen LogP contribution in [0.15, 0.2) is 6.20 Å². The molecular weight excluding hydrogens is 256 g/mol. The SMILES string of the molecule is COCC1CCCc2[nH]c3cnc(C(=O)O)c(C)c3c21. The topological polar surface area (TPSA) is 75.2 Å². The summed E-state index contributed by atoms with van der Waals surface area (Å²) in [5.41, 5.74) is 4.26. The van der Waals surface area contributed by atoms with Crippen molar-refractivity contribution in [2.45, 2.75) is 32.1 Å². The molecule has 1 aliphatic rings.